The van der Waals surface area contributed by atoms with Crippen molar-refractivity contribution in [2.75, 3.05) is 19.8 Å². The van der Waals surface area contributed by atoms with Gasteiger partial charge in [0.15, 0.2) is 0 Å². The zero-order valence-corrected chi connectivity index (χ0v) is 15.5. The SMILES string of the molecule is O=C(NCc1ccccc1Oc1ccccc1)N(CC1CCOC1)C1CC1. The van der Waals surface area contributed by atoms with Crippen molar-refractivity contribution in [3.63, 3.8) is 0 Å². The Morgan fingerprint density at radius 2 is 1.85 bits per heavy atom. The van der Waals surface area contributed by atoms with E-state index in [1.807, 2.05) is 59.5 Å². The summed E-state index contributed by atoms with van der Waals surface area (Å²) in [6.45, 7) is 2.82. The molecule has 1 N–H and O–H groups in total. The number of nitrogens with zero attached hydrogens (tertiary/aromatic N) is 1. The molecular formula is C22H26N2O3. The largest absolute Gasteiger partial charge is 0.457 e. The molecule has 5 nitrogen and oxygen atoms in total. The van der Waals surface area contributed by atoms with E-state index in [1.54, 1.807) is 0 Å². The van der Waals surface area contributed by atoms with Gasteiger partial charge in [-0.15, -0.1) is 0 Å². The summed E-state index contributed by atoms with van der Waals surface area (Å²) < 4.78 is 11.5. The molecule has 0 bridgehead atoms. The molecule has 1 aliphatic heterocycles. The molecule has 1 unspecified atom stereocenters. The van der Waals surface area contributed by atoms with Crippen molar-refractivity contribution >= 4 is 6.03 Å². The molecule has 2 aliphatic rings. The number of carbonyl (C=O) groups excluding carboxylic acids is 1. The fourth-order valence-corrected chi connectivity index (χ4v) is 3.43. The van der Waals surface area contributed by atoms with E-state index < -0.39 is 0 Å². The van der Waals surface area contributed by atoms with Crippen molar-refractivity contribution in [1.82, 2.24) is 10.2 Å². The van der Waals surface area contributed by atoms with Crippen LogP contribution in [0.4, 0.5) is 4.79 Å². The average Bonchev–Trinajstić information content (AvgIpc) is 3.41. The molecule has 4 rings (SSSR count). The number of carbonyl (C=O) groups is 1. The lowest BCUT2D eigenvalue weighted by molar-refractivity contribution is 0.162. The molecule has 1 atom stereocenters. The van der Waals surface area contributed by atoms with Crippen LogP contribution in [0, 0.1) is 5.92 Å². The molecule has 0 radical (unpaired) electrons. The van der Waals surface area contributed by atoms with E-state index in [4.69, 9.17) is 9.47 Å². The van der Waals surface area contributed by atoms with E-state index in [0.717, 1.165) is 56.1 Å². The van der Waals surface area contributed by atoms with Crippen LogP contribution in [0.25, 0.3) is 0 Å². The molecule has 1 saturated carbocycles. The number of rotatable bonds is 7. The molecule has 5 heteroatoms. The Hall–Kier alpha value is -2.53. The van der Waals surface area contributed by atoms with Crippen LogP contribution < -0.4 is 10.1 Å². The maximum absolute atomic E-state index is 12.8. The molecular weight excluding hydrogens is 340 g/mol. The van der Waals surface area contributed by atoms with Crippen LogP contribution in [0.2, 0.25) is 0 Å². The summed E-state index contributed by atoms with van der Waals surface area (Å²) in [5.74, 6) is 2.02. The number of nitrogens with one attached hydrogen (secondary N) is 1. The summed E-state index contributed by atoms with van der Waals surface area (Å²) in [7, 11) is 0. The van der Waals surface area contributed by atoms with Crippen LogP contribution in [-0.4, -0.2) is 36.7 Å². The standard InChI is InChI=1S/C22H26N2O3/c25-22(24(19-10-11-19)15-17-12-13-26-16-17)23-14-18-6-4-5-9-21(18)27-20-7-2-1-3-8-20/h1-9,17,19H,10-16H2,(H,23,25). The molecule has 0 spiro atoms. The first-order chi connectivity index (χ1) is 13.3. The number of hydrogen-bond acceptors (Lipinski definition) is 3. The molecule has 1 heterocycles. The van der Waals surface area contributed by atoms with Gasteiger partial charge in [0.2, 0.25) is 0 Å². The van der Waals surface area contributed by atoms with Gasteiger partial charge in [-0.3, -0.25) is 0 Å². The highest BCUT2D eigenvalue weighted by atomic mass is 16.5. The summed E-state index contributed by atoms with van der Waals surface area (Å²) >= 11 is 0. The third-order valence-corrected chi connectivity index (χ3v) is 5.10. The number of para-hydroxylation sites is 2. The number of amides is 2. The molecule has 142 valence electrons. The molecule has 2 aromatic rings. The molecule has 0 aromatic heterocycles. The predicted octanol–water partition coefficient (Wildman–Crippen LogP) is 4.19. The van der Waals surface area contributed by atoms with Crippen molar-refractivity contribution < 1.29 is 14.3 Å². The first-order valence-electron chi connectivity index (χ1n) is 9.72. The third kappa shape index (κ3) is 4.80. The van der Waals surface area contributed by atoms with Crippen LogP contribution in [0.15, 0.2) is 54.6 Å². The Balaban J connectivity index is 1.38. The van der Waals surface area contributed by atoms with E-state index in [2.05, 4.69) is 5.32 Å². The summed E-state index contributed by atoms with van der Waals surface area (Å²) in [5.41, 5.74) is 0.967. The molecule has 2 amide bonds. The van der Waals surface area contributed by atoms with Crippen LogP contribution in [0.3, 0.4) is 0 Å². The number of ether oxygens (including phenoxy) is 2. The van der Waals surface area contributed by atoms with Crippen LogP contribution >= 0.6 is 0 Å². The highest BCUT2D eigenvalue weighted by Gasteiger charge is 2.34. The monoisotopic (exact) mass is 366 g/mol. The zero-order valence-electron chi connectivity index (χ0n) is 15.5. The average molecular weight is 366 g/mol. The summed E-state index contributed by atoms with van der Waals surface area (Å²) in [5, 5.41) is 3.09. The topological polar surface area (TPSA) is 50.8 Å². The van der Waals surface area contributed by atoms with Gasteiger partial charge in [0, 0.05) is 37.2 Å². The van der Waals surface area contributed by atoms with Crippen LogP contribution in [0.5, 0.6) is 11.5 Å². The van der Waals surface area contributed by atoms with E-state index in [0.29, 0.717) is 18.5 Å². The van der Waals surface area contributed by atoms with E-state index in [-0.39, 0.29) is 6.03 Å². The summed E-state index contributed by atoms with van der Waals surface area (Å²) in [6, 6.07) is 17.9. The lowest BCUT2D eigenvalue weighted by Crippen LogP contribution is -2.43. The second kappa shape index (κ2) is 8.44. The predicted molar refractivity (Wildman–Crippen MR) is 104 cm³/mol. The van der Waals surface area contributed by atoms with E-state index in [9.17, 15) is 4.79 Å². The lowest BCUT2D eigenvalue weighted by atomic mass is 10.1. The van der Waals surface area contributed by atoms with Gasteiger partial charge in [0.25, 0.3) is 0 Å². The highest BCUT2D eigenvalue weighted by molar-refractivity contribution is 5.75. The molecule has 1 aliphatic carbocycles. The lowest BCUT2D eigenvalue weighted by Gasteiger charge is -2.25. The molecule has 27 heavy (non-hydrogen) atoms. The first kappa shape index (κ1) is 17.9. The van der Waals surface area contributed by atoms with Gasteiger partial charge in [0.1, 0.15) is 11.5 Å². The Morgan fingerprint density at radius 1 is 1.07 bits per heavy atom. The fourth-order valence-electron chi connectivity index (χ4n) is 3.43. The number of benzene rings is 2. The number of hydrogen-bond donors (Lipinski definition) is 1. The molecule has 2 aromatic carbocycles. The second-order valence-electron chi connectivity index (χ2n) is 7.29. The highest BCUT2D eigenvalue weighted by Crippen LogP contribution is 2.29. The van der Waals surface area contributed by atoms with E-state index >= 15 is 0 Å². The summed E-state index contributed by atoms with van der Waals surface area (Å²) in [4.78, 5) is 14.8. The van der Waals surface area contributed by atoms with Gasteiger partial charge in [-0.05, 0) is 37.5 Å². The van der Waals surface area contributed by atoms with Crippen molar-refractivity contribution in [3.8, 4) is 11.5 Å². The summed E-state index contributed by atoms with van der Waals surface area (Å²) in [6.07, 6.45) is 3.26. The van der Waals surface area contributed by atoms with Crippen molar-refractivity contribution in [2.24, 2.45) is 5.92 Å². The third-order valence-electron chi connectivity index (χ3n) is 5.10. The smallest absolute Gasteiger partial charge is 0.317 e. The quantitative estimate of drug-likeness (QED) is 0.799. The maximum atomic E-state index is 12.8. The van der Waals surface area contributed by atoms with Crippen molar-refractivity contribution in [3.05, 3.63) is 60.2 Å². The molecule has 2 fully saturated rings. The minimum absolute atomic E-state index is 0.0129. The minimum atomic E-state index is 0.0129. The maximum Gasteiger partial charge on any atom is 0.317 e. The van der Waals surface area contributed by atoms with Crippen LogP contribution in [-0.2, 0) is 11.3 Å². The Kier molecular flexibility index (Phi) is 5.58. The zero-order chi connectivity index (χ0) is 18.5. The number of urea groups is 1. The van der Waals surface area contributed by atoms with Gasteiger partial charge in [-0.1, -0.05) is 36.4 Å². The van der Waals surface area contributed by atoms with E-state index in [1.165, 1.54) is 0 Å². The Bertz CT molecular complexity index is 755. The van der Waals surface area contributed by atoms with Gasteiger partial charge < -0.3 is 19.7 Å². The van der Waals surface area contributed by atoms with Crippen molar-refractivity contribution in [1.29, 1.82) is 0 Å². The van der Waals surface area contributed by atoms with Gasteiger partial charge >= 0.3 is 6.03 Å². The van der Waals surface area contributed by atoms with Gasteiger partial charge in [-0.25, -0.2) is 4.79 Å². The van der Waals surface area contributed by atoms with Gasteiger partial charge in [0.05, 0.1) is 6.61 Å². The van der Waals surface area contributed by atoms with Crippen LogP contribution in [0.1, 0.15) is 24.8 Å². The minimum Gasteiger partial charge on any atom is -0.457 e. The fraction of sp³-hybridized carbons (Fsp3) is 0.409. The Labute approximate surface area is 160 Å². The first-order valence-corrected chi connectivity index (χ1v) is 9.72. The van der Waals surface area contributed by atoms with Crippen molar-refractivity contribution in [2.45, 2.75) is 31.8 Å². The Morgan fingerprint density at radius 3 is 2.59 bits per heavy atom. The normalized spacial score (nSPS) is 18.9. The molecule has 1 saturated heterocycles. The second-order valence-corrected chi connectivity index (χ2v) is 7.29. The van der Waals surface area contributed by atoms with Gasteiger partial charge in [-0.2, -0.15) is 0 Å².